The highest BCUT2D eigenvalue weighted by atomic mass is 79.9. The maximum Gasteiger partial charge on any atom is 0.258 e. The zero-order chi connectivity index (χ0) is 19.7. The molecule has 2 aromatic carbocycles. The van der Waals surface area contributed by atoms with Crippen LogP contribution in [0.2, 0.25) is 0 Å². The van der Waals surface area contributed by atoms with E-state index in [2.05, 4.69) is 31.4 Å². The number of aromatic nitrogens is 2. The van der Waals surface area contributed by atoms with Gasteiger partial charge in [0, 0.05) is 29.0 Å². The summed E-state index contributed by atoms with van der Waals surface area (Å²) < 4.78 is 0.715. The van der Waals surface area contributed by atoms with Gasteiger partial charge in [0.15, 0.2) is 0 Å². The number of nitrogens with one attached hydrogen (secondary N) is 1. The fraction of sp³-hybridized carbons (Fsp3) is 0.200. The Hall–Kier alpha value is -2.58. The van der Waals surface area contributed by atoms with E-state index in [1.54, 1.807) is 17.0 Å². The van der Waals surface area contributed by atoms with E-state index in [4.69, 9.17) is 0 Å². The summed E-state index contributed by atoms with van der Waals surface area (Å²) in [5.74, 6) is -0.205. The van der Waals surface area contributed by atoms with Crippen LogP contribution in [0.1, 0.15) is 33.3 Å². The smallest absolute Gasteiger partial charge is 0.258 e. The zero-order valence-corrected chi connectivity index (χ0v) is 17.5. The third-order valence-corrected chi connectivity index (χ3v) is 6.26. The minimum Gasteiger partial charge on any atom is -0.312 e. The largest absolute Gasteiger partial charge is 0.312 e. The van der Waals surface area contributed by atoms with Crippen LogP contribution in [0.25, 0.3) is 0 Å². The second kappa shape index (κ2) is 7.81. The lowest BCUT2D eigenvalue weighted by Crippen LogP contribution is -2.24. The van der Waals surface area contributed by atoms with E-state index < -0.39 is 0 Å². The van der Waals surface area contributed by atoms with E-state index in [1.165, 1.54) is 11.3 Å². The van der Waals surface area contributed by atoms with Crippen LogP contribution in [0.3, 0.4) is 0 Å². The molecule has 1 N–H and O–H groups in total. The Bertz CT molecular complexity index is 1050. The van der Waals surface area contributed by atoms with Crippen molar-refractivity contribution in [3.63, 3.8) is 0 Å². The van der Waals surface area contributed by atoms with E-state index in [9.17, 15) is 9.59 Å². The molecule has 1 aromatic heterocycles. The van der Waals surface area contributed by atoms with Gasteiger partial charge < -0.3 is 4.90 Å². The number of benzene rings is 2. The predicted octanol–water partition coefficient (Wildman–Crippen LogP) is 4.38. The monoisotopic (exact) mass is 456 g/mol. The van der Waals surface area contributed by atoms with E-state index in [0.29, 0.717) is 28.1 Å². The molecule has 0 aliphatic carbocycles. The number of rotatable bonds is 4. The SMILES string of the molecule is Cc1cccc(N2CC(c3nnc(NC(=O)c4ccccc4Br)s3)CC2=O)c1. The van der Waals surface area contributed by atoms with Crippen molar-refractivity contribution in [2.75, 3.05) is 16.8 Å². The maximum atomic E-state index is 12.5. The number of hydrogen-bond donors (Lipinski definition) is 1. The first-order valence-electron chi connectivity index (χ1n) is 8.77. The molecule has 1 unspecified atom stereocenters. The average molecular weight is 457 g/mol. The fourth-order valence-electron chi connectivity index (χ4n) is 3.18. The van der Waals surface area contributed by atoms with Crippen molar-refractivity contribution in [2.45, 2.75) is 19.3 Å². The molecule has 2 heterocycles. The summed E-state index contributed by atoms with van der Waals surface area (Å²) >= 11 is 4.69. The maximum absolute atomic E-state index is 12.5. The molecule has 4 rings (SSSR count). The van der Waals surface area contributed by atoms with Gasteiger partial charge in [0.05, 0.1) is 5.56 Å². The summed E-state index contributed by atoms with van der Waals surface area (Å²) in [5, 5.41) is 12.3. The van der Waals surface area contributed by atoms with Gasteiger partial charge >= 0.3 is 0 Å². The van der Waals surface area contributed by atoms with Gasteiger partial charge in [0.25, 0.3) is 5.91 Å². The van der Waals surface area contributed by atoms with Gasteiger partial charge in [-0.25, -0.2) is 0 Å². The fourth-order valence-corrected chi connectivity index (χ4v) is 4.47. The summed E-state index contributed by atoms with van der Waals surface area (Å²) in [4.78, 5) is 26.7. The molecule has 0 bridgehead atoms. The van der Waals surface area contributed by atoms with Crippen LogP contribution in [0.4, 0.5) is 10.8 Å². The van der Waals surface area contributed by atoms with E-state index >= 15 is 0 Å². The van der Waals surface area contributed by atoms with Gasteiger partial charge in [-0.3, -0.25) is 14.9 Å². The van der Waals surface area contributed by atoms with Crippen molar-refractivity contribution < 1.29 is 9.59 Å². The molecule has 1 aliphatic rings. The third kappa shape index (κ3) is 3.83. The van der Waals surface area contributed by atoms with Crippen LogP contribution in [0.5, 0.6) is 0 Å². The summed E-state index contributed by atoms with van der Waals surface area (Å²) in [7, 11) is 0. The van der Waals surface area contributed by atoms with Crippen LogP contribution in [-0.4, -0.2) is 28.6 Å². The first-order chi connectivity index (χ1) is 13.5. The van der Waals surface area contributed by atoms with Crippen LogP contribution in [0, 0.1) is 6.92 Å². The molecule has 0 radical (unpaired) electrons. The molecule has 0 spiro atoms. The minimum atomic E-state index is -0.251. The Morgan fingerprint density at radius 2 is 2.04 bits per heavy atom. The van der Waals surface area contributed by atoms with E-state index in [0.717, 1.165) is 16.3 Å². The van der Waals surface area contributed by atoms with E-state index in [-0.39, 0.29) is 17.7 Å². The van der Waals surface area contributed by atoms with Gasteiger partial charge in [-0.2, -0.15) is 0 Å². The van der Waals surface area contributed by atoms with Gasteiger partial charge in [0.1, 0.15) is 5.01 Å². The molecule has 1 aliphatic heterocycles. The lowest BCUT2D eigenvalue weighted by molar-refractivity contribution is -0.117. The molecule has 1 atom stereocenters. The summed E-state index contributed by atoms with van der Waals surface area (Å²) in [6, 6.07) is 15.1. The molecular weight excluding hydrogens is 440 g/mol. The Balaban J connectivity index is 1.47. The molecule has 3 aromatic rings. The number of halogens is 1. The number of aryl methyl sites for hydroxylation is 1. The standard InChI is InChI=1S/C20H17BrN4O2S/c1-12-5-4-6-14(9-12)25-11-13(10-17(25)26)19-23-24-20(28-19)22-18(27)15-7-2-3-8-16(15)21/h2-9,13H,10-11H2,1H3,(H,22,24,27). The number of hydrogen-bond acceptors (Lipinski definition) is 5. The number of carbonyl (C=O) groups is 2. The number of anilines is 2. The Morgan fingerprint density at radius 3 is 2.82 bits per heavy atom. The Labute approximate surface area is 174 Å². The first kappa shape index (κ1) is 18.8. The van der Waals surface area contributed by atoms with Crippen LogP contribution in [-0.2, 0) is 4.79 Å². The van der Waals surface area contributed by atoms with Crippen LogP contribution >= 0.6 is 27.3 Å². The van der Waals surface area contributed by atoms with Crippen molar-refractivity contribution in [1.29, 1.82) is 0 Å². The highest BCUT2D eigenvalue weighted by Gasteiger charge is 2.34. The number of carbonyl (C=O) groups excluding carboxylic acids is 2. The summed E-state index contributed by atoms with van der Waals surface area (Å²) in [6.07, 6.45) is 0.390. The van der Waals surface area contributed by atoms with Crippen molar-refractivity contribution in [1.82, 2.24) is 10.2 Å². The average Bonchev–Trinajstić information content (AvgIpc) is 3.28. The summed E-state index contributed by atoms with van der Waals surface area (Å²) in [5.41, 5.74) is 2.54. The lowest BCUT2D eigenvalue weighted by atomic mass is 10.1. The van der Waals surface area contributed by atoms with Crippen molar-refractivity contribution >= 4 is 49.9 Å². The highest BCUT2D eigenvalue weighted by Crippen LogP contribution is 2.34. The molecule has 142 valence electrons. The first-order valence-corrected chi connectivity index (χ1v) is 10.4. The van der Waals surface area contributed by atoms with E-state index in [1.807, 2.05) is 43.3 Å². The second-order valence-electron chi connectivity index (χ2n) is 6.62. The Kier molecular flexibility index (Phi) is 5.23. The number of nitrogens with zero attached hydrogens (tertiary/aromatic N) is 3. The van der Waals surface area contributed by atoms with Crippen LogP contribution < -0.4 is 10.2 Å². The third-order valence-electron chi connectivity index (χ3n) is 4.57. The highest BCUT2D eigenvalue weighted by molar-refractivity contribution is 9.10. The molecule has 0 saturated carbocycles. The minimum absolute atomic E-state index is 0.0281. The molecular formula is C20H17BrN4O2S. The van der Waals surface area contributed by atoms with Gasteiger partial charge in [0.2, 0.25) is 11.0 Å². The van der Waals surface area contributed by atoms with Crippen molar-refractivity contribution in [2.24, 2.45) is 0 Å². The quantitative estimate of drug-likeness (QED) is 0.631. The molecule has 1 fully saturated rings. The van der Waals surface area contributed by atoms with Gasteiger partial charge in [-0.05, 0) is 52.7 Å². The molecule has 2 amide bonds. The lowest BCUT2D eigenvalue weighted by Gasteiger charge is -2.16. The van der Waals surface area contributed by atoms with Crippen molar-refractivity contribution in [3.8, 4) is 0 Å². The van der Waals surface area contributed by atoms with Crippen LogP contribution in [0.15, 0.2) is 53.0 Å². The predicted molar refractivity (Wildman–Crippen MR) is 113 cm³/mol. The zero-order valence-electron chi connectivity index (χ0n) is 15.1. The topological polar surface area (TPSA) is 75.2 Å². The molecule has 28 heavy (non-hydrogen) atoms. The molecule has 1 saturated heterocycles. The van der Waals surface area contributed by atoms with Gasteiger partial charge in [-0.15, -0.1) is 10.2 Å². The normalized spacial score (nSPS) is 16.4. The van der Waals surface area contributed by atoms with Gasteiger partial charge in [-0.1, -0.05) is 35.6 Å². The number of amides is 2. The molecule has 6 nitrogen and oxygen atoms in total. The van der Waals surface area contributed by atoms with Crippen molar-refractivity contribution in [3.05, 3.63) is 69.1 Å². The Morgan fingerprint density at radius 1 is 1.21 bits per heavy atom. The molecule has 8 heteroatoms. The second-order valence-corrected chi connectivity index (χ2v) is 8.49. The summed E-state index contributed by atoms with van der Waals surface area (Å²) in [6.45, 7) is 2.57.